The van der Waals surface area contributed by atoms with Gasteiger partial charge in [-0.05, 0) is 37.5 Å². The first-order valence-electron chi connectivity index (χ1n) is 7.89. The molecular weight excluding hydrogens is 323 g/mol. The van der Waals surface area contributed by atoms with E-state index < -0.39 is 17.8 Å². The molecule has 134 valence electrons. The summed E-state index contributed by atoms with van der Waals surface area (Å²) in [5.74, 6) is 0.435. The highest BCUT2D eigenvalue weighted by atomic mass is 19.4. The van der Waals surface area contributed by atoms with Gasteiger partial charge in [0.1, 0.15) is 18.5 Å². The first-order valence-corrected chi connectivity index (χ1v) is 7.89. The monoisotopic (exact) mass is 345 g/mol. The van der Waals surface area contributed by atoms with Crippen LogP contribution in [0.3, 0.4) is 0 Å². The van der Waals surface area contributed by atoms with Gasteiger partial charge in [0.15, 0.2) is 5.96 Å². The van der Waals surface area contributed by atoms with Crippen LogP contribution in [0.4, 0.5) is 13.2 Å². The molecule has 1 heterocycles. The van der Waals surface area contributed by atoms with E-state index in [4.69, 9.17) is 10.5 Å². The number of halogens is 3. The number of nitrogens with zero attached hydrogens (tertiary/aromatic N) is 2. The molecule has 24 heavy (non-hydrogen) atoms. The van der Waals surface area contributed by atoms with Gasteiger partial charge in [0.2, 0.25) is 0 Å². The minimum Gasteiger partial charge on any atom is -0.491 e. The highest BCUT2D eigenvalue weighted by Crippen LogP contribution is 2.31. The minimum absolute atomic E-state index is 0.0430. The lowest BCUT2D eigenvalue weighted by Gasteiger charge is -2.27. The van der Waals surface area contributed by atoms with Crippen LogP contribution in [0.15, 0.2) is 29.3 Å². The molecule has 1 aromatic carbocycles. The van der Waals surface area contributed by atoms with Crippen LogP contribution >= 0.6 is 0 Å². The van der Waals surface area contributed by atoms with Crippen molar-refractivity contribution < 1.29 is 23.0 Å². The normalized spacial score (nSPS) is 17.7. The van der Waals surface area contributed by atoms with Crippen LogP contribution in [0, 0.1) is 0 Å². The average molecular weight is 345 g/mol. The van der Waals surface area contributed by atoms with E-state index in [1.165, 1.54) is 18.6 Å². The van der Waals surface area contributed by atoms with Crippen LogP contribution in [0.5, 0.6) is 5.75 Å². The fourth-order valence-corrected chi connectivity index (χ4v) is 2.43. The first-order chi connectivity index (χ1) is 11.4. The summed E-state index contributed by atoms with van der Waals surface area (Å²) in [6.45, 7) is 1.59. The number of nitrogens with two attached hydrogens (primary N) is 1. The lowest BCUT2D eigenvalue weighted by molar-refractivity contribution is -0.137. The maximum absolute atomic E-state index is 12.6. The highest BCUT2D eigenvalue weighted by Gasteiger charge is 2.30. The quantitative estimate of drug-likeness (QED) is 0.634. The van der Waals surface area contributed by atoms with Crippen LogP contribution in [-0.4, -0.2) is 48.3 Å². The van der Waals surface area contributed by atoms with E-state index in [1.54, 1.807) is 0 Å². The Morgan fingerprint density at radius 2 is 2.00 bits per heavy atom. The molecule has 1 aliphatic rings. The summed E-state index contributed by atoms with van der Waals surface area (Å²) in [5, 5.41) is 9.86. The number of ether oxygens (including phenoxy) is 1. The number of guanidine groups is 1. The molecule has 0 amide bonds. The second-order valence-electron chi connectivity index (χ2n) is 5.74. The molecule has 0 bridgehead atoms. The minimum atomic E-state index is -4.43. The van der Waals surface area contributed by atoms with Crippen molar-refractivity contribution in [1.29, 1.82) is 0 Å². The van der Waals surface area contributed by atoms with Gasteiger partial charge in [0.25, 0.3) is 0 Å². The summed E-state index contributed by atoms with van der Waals surface area (Å²) in [7, 11) is 0. The lowest BCUT2D eigenvalue weighted by atomic mass is 10.1. The Hall–Kier alpha value is -1.96. The van der Waals surface area contributed by atoms with E-state index >= 15 is 0 Å². The molecule has 5 nitrogen and oxygen atoms in total. The zero-order valence-corrected chi connectivity index (χ0v) is 13.3. The van der Waals surface area contributed by atoms with Gasteiger partial charge in [-0.15, -0.1) is 0 Å². The molecule has 1 atom stereocenters. The third-order valence-corrected chi connectivity index (χ3v) is 3.75. The predicted octanol–water partition coefficient (Wildman–Crippen LogP) is 2.25. The fraction of sp³-hybridized carbons (Fsp3) is 0.562. The van der Waals surface area contributed by atoms with Crippen molar-refractivity contribution in [1.82, 2.24) is 4.90 Å². The molecule has 0 spiro atoms. The molecule has 0 saturated carbocycles. The van der Waals surface area contributed by atoms with E-state index in [0.717, 1.165) is 38.1 Å². The van der Waals surface area contributed by atoms with Gasteiger partial charge < -0.3 is 20.5 Å². The van der Waals surface area contributed by atoms with Gasteiger partial charge >= 0.3 is 6.18 Å². The van der Waals surface area contributed by atoms with Gasteiger partial charge in [-0.2, -0.15) is 13.2 Å². The largest absolute Gasteiger partial charge is 0.491 e. The summed E-state index contributed by atoms with van der Waals surface area (Å²) < 4.78 is 43.0. The Bertz CT molecular complexity index is 558. The summed E-state index contributed by atoms with van der Waals surface area (Å²) >= 11 is 0. The van der Waals surface area contributed by atoms with Crippen molar-refractivity contribution in [3.8, 4) is 5.75 Å². The number of hydrogen-bond acceptors (Lipinski definition) is 3. The third kappa shape index (κ3) is 5.59. The highest BCUT2D eigenvalue weighted by molar-refractivity contribution is 5.78. The Labute approximate surface area is 138 Å². The molecule has 1 saturated heterocycles. The number of hydrogen-bond donors (Lipinski definition) is 2. The third-order valence-electron chi connectivity index (χ3n) is 3.75. The van der Waals surface area contributed by atoms with E-state index in [9.17, 15) is 18.3 Å². The summed E-state index contributed by atoms with van der Waals surface area (Å²) in [6, 6.07) is 4.54. The van der Waals surface area contributed by atoms with Crippen LogP contribution in [0.25, 0.3) is 0 Å². The summed E-state index contributed by atoms with van der Waals surface area (Å²) in [4.78, 5) is 6.09. The number of aliphatic hydroxyl groups is 1. The zero-order chi connectivity index (χ0) is 17.6. The zero-order valence-electron chi connectivity index (χ0n) is 13.3. The van der Waals surface area contributed by atoms with E-state index in [-0.39, 0.29) is 18.9 Å². The molecule has 1 aromatic rings. The molecular formula is C16H22F3N3O2. The second kappa shape index (κ2) is 8.23. The van der Waals surface area contributed by atoms with Crippen molar-refractivity contribution in [2.45, 2.75) is 31.5 Å². The Morgan fingerprint density at radius 3 is 2.67 bits per heavy atom. The standard InChI is InChI=1S/C16H22F3N3O2/c17-16(18,19)12-5-4-6-14(9-12)24-11-13(23)10-21-15(20)22-7-2-1-3-8-22/h4-6,9,13,23H,1-3,7-8,10-11H2,(H2,20,21). The number of benzene rings is 1. The molecule has 0 radical (unpaired) electrons. The Kier molecular flexibility index (Phi) is 6.30. The molecule has 1 unspecified atom stereocenters. The number of piperidine rings is 1. The van der Waals surface area contributed by atoms with Gasteiger partial charge in [-0.25, -0.2) is 0 Å². The molecule has 1 fully saturated rings. The van der Waals surface area contributed by atoms with Gasteiger partial charge in [0.05, 0.1) is 12.1 Å². The van der Waals surface area contributed by atoms with E-state index in [1.807, 2.05) is 4.90 Å². The van der Waals surface area contributed by atoms with Crippen LogP contribution in [0.2, 0.25) is 0 Å². The molecule has 2 rings (SSSR count). The fourth-order valence-electron chi connectivity index (χ4n) is 2.43. The van der Waals surface area contributed by atoms with Crippen LogP contribution in [-0.2, 0) is 6.18 Å². The average Bonchev–Trinajstić information content (AvgIpc) is 2.58. The maximum Gasteiger partial charge on any atom is 0.416 e. The van der Waals surface area contributed by atoms with Crippen molar-refractivity contribution >= 4 is 5.96 Å². The molecule has 0 aromatic heterocycles. The molecule has 8 heteroatoms. The summed E-state index contributed by atoms with van der Waals surface area (Å²) in [5.41, 5.74) is 5.08. The Morgan fingerprint density at radius 1 is 1.29 bits per heavy atom. The Balaban J connectivity index is 1.81. The van der Waals surface area contributed by atoms with Gasteiger partial charge in [-0.3, -0.25) is 4.99 Å². The lowest BCUT2D eigenvalue weighted by Crippen LogP contribution is -2.41. The predicted molar refractivity (Wildman–Crippen MR) is 84.9 cm³/mol. The topological polar surface area (TPSA) is 71.1 Å². The van der Waals surface area contributed by atoms with Gasteiger partial charge in [0, 0.05) is 13.1 Å². The van der Waals surface area contributed by atoms with Crippen molar-refractivity contribution in [3.63, 3.8) is 0 Å². The van der Waals surface area contributed by atoms with E-state index in [2.05, 4.69) is 4.99 Å². The van der Waals surface area contributed by atoms with Crippen molar-refractivity contribution in [2.75, 3.05) is 26.2 Å². The molecule has 0 aliphatic carbocycles. The van der Waals surface area contributed by atoms with Gasteiger partial charge in [-0.1, -0.05) is 6.07 Å². The smallest absolute Gasteiger partial charge is 0.416 e. The summed E-state index contributed by atoms with van der Waals surface area (Å²) in [6.07, 6.45) is -2.06. The van der Waals surface area contributed by atoms with Crippen molar-refractivity contribution in [3.05, 3.63) is 29.8 Å². The van der Waals surface area contributed by atoms with Crippen LogP contribution < -0.4 is 10.5 Å². The second-order valence-corrected chi connectivity index (χ2v) is 5.74. The molecule has 1 aliphatic heterocycles. The number of rotatable bonds is 5. The molecule has 3 N–H and O–H groups in total. The number of alkyl halides is 3. The SMILES string of the molecule is NC(=NCC(O)COc1cccc(C(F)(F)F)c1)N1CCCCC1. The number of aliphatic hydroxyl groups excluding tert-OH is 1. The number of aliphatic imine (C=N–C) groups is 1. The number of likely N-dealkylation sites (tertiary alicyclic amines) is 1. The van der Waals surface area contributed by atoms with E-state index in [0.29, 0.717) is 5.96 Å². The first kappa shape index (κ1) is 18.4. The van der Waals surface area contributed by atoms with Crippen LogP contribution in [0.1, 0.15) is 24.8 Å². The van der Waals surface area contributed by atoms with Crippen molar-refractivity contribution in [2.24, 2.45) is 10.7 Å². The maximum atomic E-state index is 12.6.